The van der Waals surface area contributed by atoms with Gasteiger partial charge in [0.1, 0.15) is 5.82 Å². The van der Waals surface area contributed by atoms with Gasteiger partial charge in [0.15, 0.2) is 0 Å². The zero-order chi connectivity index (χ0) is 15.5. The topological polar surface area (TPSA) is 28.6 Å². The molecule has 3 rings (SSSR count). The summed E-state index contributed by atoms with van der Waals surface area (Å²) in [6, 6.07) is 3.22. The molecular formula is C18H25N3O. The van der Waals surface area contributed by atoms with Crippen LogP contribution in [0, 0.1) is 19.3 Å². The third-order valence-electron chi connectivity index (χ3n) is 4.94. The van der Waals surface area contributed by atoms with Crippen molar-refractivity contribution in [2.24, 2.45) is 0 Å². The normalized spacial score (nSPS) is 23.0. The van der Waals surface area contributed by atoms with Crippen LogP contribution < -0.4 is 4.90 Å². The molecule has 2 aliphatic heterocycles. The smallest absolute Gasteiger partial charge is 0.131 e. The van der Waals surface area contributed by atoms with Crippen molar-refractivity contribution in [3.63, 3.8) is 0 Å². The summed E-state index contributed by atoms with van der Waals surface area (Å²) in [6.45, 7) is 5.97. The van der Waals surface area contributed by atoms with Crippen LogP contribution in [0.25, 0.3) is 0 Å². The highest BCUT2D eigenvalue weighted by Crippen LogP contribution is 2.25. The summed E-state index contributed by atoms with van der Waals surface area (Å²) in [5.41, 5.74) is 2.03. The van der Waals surface area contributed by atoms with E-state index in [1.165, 1.54) is 24.8 Å². The lowest BCUT2D eigenvalue weighted by atomic mass is 10.1. The summed E-state index contributed by atoms with van der Waals surface area (Å²) < 4.78 is 5.35. The molecule has 0 amide bonds. The Morgan fingerprint density at radius 2 is 2.18 bits per heavy atom. The maximum atomic E-state index is 5.47. The van der Waals surface area contributed by atoms with Crippen LogP contribution in [0.5, 0.6) is 0 Å². The average Bonchev–Trinajstić information content (AvgIpc) is 2.71. The first kappa shape index (κ1) is 15.3. The zero-order valence-electron chi connectivity index (χ0n) is 13.6. The molecule has 4 heteroatoms. The number of ether oxygens (including phenoxy) is 1. The molecule has 0 N–H and O–H groups in total. The Kier molecular flexibility index (Phi) is 4.66. The number of hydrogen-bond acceptors (Lipinski definition) is 4. The van der Waals surface area contributed by atoms with Gasteiger partial charge in [0.2, 0.25) is 0 Å². The van der Waals surface area contributed by atoms with Crippen molar-refractivity contribution in [1.29, 1.82) is 0 Å². The van der Waals surface area contributed by atoms with Gasteiger partial charge in [0, 0.05) is 30.9 Å². The summed E-state index contributed by atoms with van der Waals surface area (Å²) in [7, 11) is 2.24. The molecule has 1 unspecified atom stereocenters. The molecule has 0 saturated carbocycles. The quantitative estimate of drug-likeness (QED) is 0.799. The Morgan fingerprint density at radius 1 is 1.36 bits per heavy atom. The van der Waals surface area contributed by atoms with E-state index in [1.807, 2.05) is 6.20 Å². The predicted octanol–water partition coefficient (Wildman–Crippen LogP) is 2.06. The maximum absolute atomic E-state index is 5.47. The van der Waals surface area contributed by atoms with Gasteiger partial charge in [0.25, 0.3) is 0 Å². The number of terminal acetylenes is 1. The molecule has 22 heavy (non-hydrogen) atoms. The lowest BCUT2D eigenvalue weighted by molar-refractivity contribution is -0.0689. The van der Waals surface area contributed by atoms with E-state index in [-0.39, 0.29) is 0 Å². The first-order valence-electron chi connectivity index (χ1n) is 8.17. The van der Waals surface area contributed by atoms with Crippen molar-refractivity contribution in [3.05, 3.63) is 23.4 Å². The summed E-state index contributed by atoms with van der Waals surface area (Å²) in [6.07, 6.45) is 11.0. The van der Waals surface area contributed by atoms with E-state index in [0.717, 1.165) is 37.7 Å². The molecule has 0 bridgehead atoms. The van der Waals surface area contributed by atoms with Gasteiger partial charge in [-0.15, -0.1) is 6.42 Å². The van der Waals surface area contributed by atoms with Gasteiger partial charge >= 0.3 is 0 Å². The number of likely N-dealkylation sites (N-methyl/N-ethyl adjacent to an activating group) is 1. The van der Waals surface area contributed by atoms with Crippen LogP contribution in [0.15, 0.2) is 12.3 Å². The molecule has 0 aromatic carbocycles. The third kappa shape index (κ3) is 3.11. The van der Waals surface area contributed by atoms with Gasteiger partial charge in [-0.3, -0.25) is 4.90 Å². The second-order valence-electron chi connectivity index (χ2n) is 6.46. The highest BCUT2D eigenvalue weighted by Gasteiger charge is 2.31. The molecule has 0 radical (unpaired) electrons. The van der Waals surface area contributed by atoms with Crippen molar-refractivity contribution in [1.82, 2.24) is 9.88 Å². The molecule has 4 nitrogen and oxygen atoms in total. The number of hydrogen-bond donors (Lipinski definition) is 0. The molecule has 1 aromatic rings. The molecule has 118 valence electrons. The van der Waals surface area contributed by atoms with Crippen molar-refractivity contribution >= 4 is 5.82 Å². The standard InChI is InChI=1S/C18H25N3O/c1-4-15-9-14(2)18(19-10-15)21-8-6-5-7-16(11-21)20(3)17-12-22-13-17/h1,9-10,16-17H,5-8,11-13H2,2-3H3. The molecule has 1 aromatic heterocycles. The number of aromatic nitrogens is 1. The van der Waals surface area contributed by atoms with E-state index in [4.69, 9.17) is 11.2 Å². The van der Waals surface area contributed by atoms with Gasteiger partial charge in [-0.25, -0.2) is 4.98 Å². The molecule has 2 fully saturated rings. The largest absolute Gasteiger partial charge is 0.378 e. The fourth-order valence-electron chi connectivity index (χ4n) is 3.38. The van der Waals surface area contributed by atoms with Crippen molar-refractivity contribution < 1.29 is 4.74 Å². The second kappa shape index (κ2) is 6.68. The summed E-state index contributed by atoms with van der Waals surface area (Å²) >= 11 is 0. The van der Waals surface area contributed by atoms with Crippen LogP contribution in [0.4, 0.5) is 5.82 Å². The summed E-state index contributed by atoms with van der Waals surface area (Å²) in [4.78, 5) is 9.57. The Labute approximate surface area is 133 Å². The Bertz CT molecular complexity index is 562. The average molecular weight is 299 g/mol. The molecule has 0 spiro atoms. The minimum absolute atomic E-state index is 0.574. The summed E-state index contributed by atoms with van der Waals surface area (Å²) in [5, 5.41) is 0. The number of anilines is 1. The van der Waals surface area contributed by atoms with Gasteiger partial charge in [0.05, 0.1) is 19.3 Å². The Morgan fingerprint density at radius 3 is 2.82 bits per heavy atom. The zero-order valence-corrected chi connectivity index (χ0v) is 13.6. The molecule has 2 saturated heterocycles. The number of pyridine rings is 1. The van der Waals surface area contributed by atoms with Crippen LogP contribution in [0.2, 0.25) is 0 Å². The van der Waals surface area contributed by atoms with Crippen LogP contribution in [-0.4, -0.2) is 55.3 Å². The van der Waals surface area contributed by atoms with E-state index in [9.17, 15) is 0 Å². The minimum Gasteiger partial charge on any atom is -0.378 e. The fraction of sp³-hybridized carbons (Fsp3) is 0.611. The third-order valence-corrected chi connectivity index (χ3v) is 4.94. The molecule has 1 atom stereocenters. The van der Waals surface area contributed by atoms with Crippen molar-refractivity contribution in [2.45, 2.75) is 38.3 Å². The van der Waals surface area contributed by atoms with E-state index in [1.54, 1.807) is 0 Å². The Balaban J connectivity index is 1.76. The van der Waals surface area contributed by atoms with Gasteiger partial charge in [-0.1, -0.05) is 12.3 Å². The fourth-order valence-corrected chi connectivity index (χ4v) is 3.38. The Hall–Kier alpha value is -1.57. The van der Waals surface area contributed by atoms with E-state index in [2.05, 4.69) is 40.7 Å². The van der Waals surface area contributed by atoms with Crippen LogP contribution in [0.1, 0.15) is 30.4 Å². The highest BCUT2D eigenvalue weighted by molar-refractivity contribution is 5.50. The molecule has 0 aliphatic carbocycles. The summed E-state index contributed by atoms with van der Waals surface area (Å²) in [5.74, 6) is 3.75. The van der Waals surface area contributed by atoms with E-state index >= 15 is 0 Å². The van der Waals surface area contributed by atoms with E-state index < -0.39 is 0 Å². The highest BCUT2D eigenvalue weighted by atomic mass is 16.5. The van der Waals surface area contributed by atoms with Crippen LogP contribution in [0.3, 0.4) is 0 Å². The number of rotatable bonds is 3. The second-order valence-corrected chi connectivity index (χ2v) is 6.46. The molecule has 2 aliphatic rings. The van der Waals surface area contributed by atoms with Gasteiger partial charge < -0.3 is 9.64 Å². The molecular weight excluding hydrogens is 274 g/mol. The van der Waals surface area contributed by atoms with E-state index in [0.29, 0.717) is 12.1 Å². The SMILES string of the molecule is C#Cc1cnc(N2CCCCC(N(C)C3COC3)C2)c(C)c1. The van der Waals surface area contributed by atoms with Gasteiger partial charge in [-0.2, -0.15) is 0 Å². The monoisotopic (exact) mass is 299 g/mol. The first-order valence-corrected chi connectivity index (χ1v) is 8.17. The van der Waals surface area contributed by atoms with Crippen LogP contribution >= 0.6 is 0 Å². The lowest BCUT2D eigenvalue weighted by Crippen LogP contribution is -2.54. The maximum Gasteiger partial charge on any atom is 0.131 e. The van der Waals surface area contributed by atoms with Crippen LogP contribution in [-0.2, 0) is 4.74 Å². The lowest BCUT2D eigenvalue weighted by Gasteiger charge is -2.40. The van der Waals surface area contributed by atoms with Crippen molar-refractivity contribution in [3.8, 4) is 12.3 Å². The van der Waals surface area contributed by atoms with Gasteiger partial charge in [-0.05, 0) is 38.4 Å². The number of nitrogens with zero attached hydrogens (tertiary/aromatic N) is 3. The van der Waals surface area contributed by atoms with Crippen molar-refractivity contribution in [2.75, 3.05) is 38.3 Å². The number of aryl methyl sites for hydroxylation is 1. The molecule has 3 heterocycles. The predicted molar refractivity (Wildman–Crippen MR) is 89.1 cm³/mol. The first-order chi connectivity index (χ1) is 10.7. The minimum atomic E-state index is 0.574.